The lowest BCUT2D eigenvalue weighted by atomic mass is 10.1. The SMILES string of the molecule is Cc1ccccc1COc1ccc([C@H](CC(=O)O)OC(C)C)cc1. The molecule has 2 aromatic carbocycles. The molecular formula is C20H24O4. The fourth-order valence-corrected chi connectivity index (χ4v) is 2.44. The van der Waals surface area contributed by atoms with Crippen molar-refractivity contribution < 1.29 is 19.4 Å². The number of carboxylic acid groups (broad SMARTS) is 1. The summed E-state index contributed by atoms with van der Waals surface area (Å²) in [5.41, 5.74) is 3.18. The van der Waals surface area contributed by atoms with E-state index in [9.17, 15) is 4.79 Å². The molecule has 24 heavy (non-hydrogen) atoms. The summed E-state index contributed by atoms with van der Waals surface area (Å²) in [6, 6.07) is 15.5. The van der Waals surface area contributed by atoms with Crippen molar-refractivity contribution >= 4 is 5.97 Å². The van der Waals surface area contributed by atoms with E-state index in [1.54, 1.807) is 0 Å². The summed E-state index contributed by atoms with van der Waals surface area (Å²) < 4.78 is 11.5. The Labute approximate surface area is 143 Å². The van der Waals surface area contributed by atoms with E-state index in [1.807, 2.05) is 56.3 Å². The number of aryl methyl sites for hydroxylation is 1. The number of carbonyl (C=O) groups is 1. The smallest absolute Gasteiger partial charge is 0.306 e. The highest BCUT2D eigenvalue weighted by Gasteiger charge is 2.17. The average molecular weight is 328 g/mol. The van der Waals surface area contributed by atoms with E-state index in [-0.39, 0.29) is 12.5 Å². The number of aliphatic carboxylic acids is 1. The zero-order valence-corrected chi connectivity index (χ0v) is 14.4. The molecule has 0 amide bonds. The van der Waals surface area contributed by atoms with Gasteiger partial charge in [0.15, 0.2) is 0 Å². The third-order valence-corrected chi connectivity index (χ3v) is 3.70. The Hall–Kier alpha value is -2.33. The zero-order chi connectivity index (χ0) is 17.5. The van der Waals surface area contributed by atoms with Gasteiger partial charge in [-0.2, -0.15) is 0 Å². The van der Waals surface area contributed by atoms with Crippen molar-refractivity contribution in [1.82, 2.24) is 0 Å². The lowest BCUT2D eigenvalue weighted by molar-refractivity contribution is -0.141. The monoisotopic (exact) mass is 328 g/mol. The summed E-state index contributed by atoms with van der Waals surface area (Å²) in [7, 11) is 0. The molecule has 0 spiro atoms. The van der Waals surface area contributed by atoms with Crippen LogP contribution in [0.25, 0.3) is 0 Å². The largest absolute Gasteiger partial charge is 0.489 e. The number of hydrogen-bond acceptors (Lipinski definition) is 3. The van der Waals surface area contributed by atoms with Gasteiger partial charge in [0, 0.05) is 0 Å². The second-order valence-corrected chi connectivity index (χ2v) is 6.06. The third-order valence-electron chi connectivity index (χ3n) is 3.70. The molecule has 0 unspecified atom stereocenters. The van der Waals surface area contributed by atoms with E-state index < -0.39 is 12.1 Å². The molecule has 0 aliphatic heterocycles. The molecule has 0 aliphatic carbocycles. The van der Waals surface area contributed by atoms with E-state index in [0.29, 0.717) is 6.61 Å². The van der Waals surface area contributed by atoms with Gasteiger partial charge in [-0.3, -0.25) is 4.79 Å². The van der Waals surface area contributed by atoms with Crippen molar-refractivity contribution in [2.75, 3.05) is 0 Å². The van der Waals surface area contributed by atoms with Gasteiger partial charge in [-0.1, -0.05) is 36.4 Å². The minimum Gasteiger partial charge on any atom is -0.489 e. The third kappa shape index (κ3) is 5.39. The first kappa shape index (κ1) is 18.0. The summed E-state index contributed by atoms with van der Waals surface area (Å²) in [6.45, 7) is 6.36. The van der Waals surface area contributed by atoms with Crippen LogP contribution in [0.2, 0.25) is 0 Å². The molecule has 0 heterocycles. The molecule has 0 saturated heterocycles. The van der Waals surface area contributed by atoms with Gasteiger partial charge in [-0.25, -0.2) is 0 Å². The fourth-order valence-electron chi connectivity index (χ4n) is 2.44. The lowest BCUT2D eigenvalue weighted by Gasteiger charge is -2.19. The highest BCUT2D eigenvalue weighted by atomic mass is 16.5. The van der Waals surface area contributed by atoms with E-state index in [4.69, 9.17) is 14.6 Å². The van der Waals surface area contributed by atoms with E-state index in [2.05, 4.69) is 13.0 Å². The quantitative estimate of drug-likeness (QED) is 0.774. The summed E-state index contributed by atoms with van der Waals surface area (Å²) >= 11 is 0. The Morgan fingerprint density at radius 2 is 1.75 bits per heavy atom. The van der Waals surface area contributed by atoms with E-state index in [1.165, 1.54) is 5.56 Å². The Kier molecular flexibility index (Phi) is 6.38. The van der Waals surface area contributed by atoms with Gasteiger partial charge < -0.3 is 14.6 Å². The molecule has 0 aromatic heterocycles. The molecule has 2 aromatic rings. The first-order valence-electron chi connectivity index (χ1n) is 8.10. The minimum absolute atomic E-state index is 0.0358. The van der Waals surface area contributed by atoms with Crippen molar-refractivity contribution in [3.05, 3.63) is 65.2 Å². The molecule has 0 fully saturated rings. The number of rotatable bonds is 8. The van der Waals surface area contributed by atoms with Gasteiger partial charge in [0.1, 0.15) is 12.4 Å². The van der Waals surface area contributed by atoms with Crippen molar-refractivity contribution in [1.29, 1.82) is 0 Å². The topological polar surface area (TPSA) is 55.8 Å². The van der Waals surface area contributed by atoms with E-state index >= 15 is 0 Å². The van der Waals surface area contributed by atoms with Crippen molar-refractivity contribution in [3.8, 4) is 5.75 Å². The first-order valence-corrected chi connectivity index (χ1v) is 8.10. The standard InChI is InChI=1S/C20H24O4/c1-14(2)24-19(12-20(21)22)16-8-10-18(11-9-16)23-13-17-7-5-4-6-15(17)3/h4-11,14,19H,12-13H2,1-3H3,(H,21,22)/t19-/m0/s1. The molecule has 1 N–H and O–H groups in total. The van der Waals surface area contributed by atoms with Crippen molar-refractivity contribution in [2.24, 2.45) is 0 Å². The minimum atomic E-state index is -0.875. The number of carboxylic acids is 1. The number of hydrogen-bond donors (Lipinski definition) is 1. The first-order chi connectivity index (χ1) is 11.5. The van der Waals surface area contributed by atoms with Crippen LogP contribution in [-0.4, -0.2) is 17.2 Å². The lowest BCUT2D eigenvalue weighted by Crippen LogP contribution is -2.14. The second kappa shape index (κ2) is 8.50. The molecular weight excluding hydrogens is 304 g/mol. The molecule has 128 valence electrons. The van der Waals surface area contributed by atoms with Gasteiger partial charge in [0.2, 0.25) is 0 Å². The molecule has 2 rings (SSSR count). The maximum Gasteiger partial charge on any atom is 0.306 e. The van der Waals surface area contributed by atoms with Crippen LogP contribution in [0.1, 0.15) is 43.1 Å². The Balaban J connectivity index is 2.03. The molecule has 0 radical (unpaired) electrons. The van der Waals surface area contributed by atoms with Gasteiger partial charge in [-0.05, 0) is 49.6 Å². The van der Waals surface area contributed by atoms with Gasteiger partial charge in [0.05, 0.1) is 18.6 Å². The maximum absolute atomic E-state index is 11.0. The summed E-state index contributed by atoms with van der Waals surface area (Å²) in [5.74, 6) is -0.124. The van der Waals surface area contributed by atoms with Crippen molar-refractivity contribution in [3.63, 3.8) is 0 Å². The van der Waals surface area contributed by atoms with Crippen LogP contribution >= 0.6 is 0 Å². The van der Waals surface area contributed by atoms with Crippen LogP contribution in [-0.2, 0) is 16.1 Å². The zero-order valence-electron chi connectivity index (χ0n) is 14.4. The predicted octanol–water partition coefficient (Wildman–Crippen LogP) is 4.51. The van der Waals surface area contributed by atoms with Crippen LogP contribution in [0.5, 0.6) is 5.75 Å². The molecule has 0 bridgehead atoms. The summed E-state index contributed by atoms with van der Waals surface area (Å²) in [6.07, 6.45) is -0.541. The Morgan fingerprint density at radius 1 is 1.08 bits per heavy atom. The number of benzene rings is 2. The summed E-state index contributed by atoms with van der Waals surface area (Å²) in [5, 5.41) is 9.04. The molecule has 4 heteroatoms. The molecule has 0 aliphatic rings. The molecule has 1 atom stereocenters. The summed E-state index contributed by atoms with van der Waals surface area (Å²) in [4.78, 5) is 11.0. The maximum atomic E-state index is 11.0. The molecule has 0 saturated carbocycles. The Bertz CT molecular complexity index is 662. The highest BCUT2D eigenvalue weighted by Crippen LogP contribution is 2.25. The van der Waals surface area contributed by atoms with Gasteiger partial charge in [0.25, 0.3) is 0 Å². The van der Waals surface area contributed by atoms with Gasteiger partial charge >= 0.3 is 5.97 Å². The van der Waals surface area contributed by atoms with Crippen LogP contribution in [0.4, 0.5) is 0 Å². The normalized spacial score (nSPS) is 12.2. The van der Waals surface area contributed by atoms with Crippen LogP contribution < -0.4 is 4.74 Å². The van der Waals surface area contributed by atoms with Crippen molar-refractivity contribution in [2.45, 2.75) is 46.0 Å². The van der Waals surface area contributed by atoms with Crippen LogP contribution in [0.3, 0.4) is 0 Å². The van der Waals surface area contributed by atoms with Crippen LogP contribution in [0, 0.1) is 6.92 Å². The predicted molar refractivity (Wildman–Crippen MR) is 93.2 cm³/mol. The van der Waals surface area contributed by atoms with E-state index in [0.717, 1.165) is 16.9 Å². The van der Waals surface area contributed by atoms with Gasteiger partial charge in [-0.15, -0.1) is 0 Å². The van der Waals surface area contributed by atoms with Crippen LogP contribution in [0.15, 0.2) is 48.5 Å². The Morgan fingerprint density at radius 3 is 2.33 bits per heavy atom. The second-order valence-electron chi connectivity index (χ2n) is 6.06. The fraction of sp³-hybridized carbons (Fsp3) is 0.350. The average Bonchev–Trinajstić information content (AvgIpc) is 2.53. The molecule has 4 nitrogen and oxygen atoms in total. The number of ether oxygens (including phenoxy) is 2. The highest BCUT2D eigenvalue weighted by molar-refractivity contribution is 5.67.